The molecule has 0 bridgehead atoms. The van der Waals surface area contributed by atoms with Crippen molar-refractivity contribution in [1.82, 2.24) is 25.8 Å². The first kappa shape index (κ1) is 14.2. The average Bonchev–Trinajstić information content (AvgIpc) is 3.17. The van der Waals surface area contributed by atoms with E-state index in [1.807, 2.05) is 24.3 Å². The molecule has 1 amide bonds. The number of nitrogens with zero attached hydrogens (tertiary/aromatic N) is 2. The first-order valence-corrected chi connectivity index (χ1v) is 7.70. The zero-order valence-corrected chi connectivity index (χ0v) is 13.0. The van der Waals surface area contributed by atoms with Gasteiger partial charge >= 0.3 is 0 Å². The largest absolute Gasteiger partial charge is 0.347 e. The number of rotatable bonds is 4. The van der Waals surface area contributed by atoms with Crippen molar-refractivity contribution < 1.29 is 4.79 Å². The highest BCUT2D eigenvalue weighted by Crippen LogP contribution is 2.18. The highest BCUT2D eigenvalue weighted by Gasteiger charge is 2.21. The minimum absolute atomic E-state index is 0.0223. The molecule has 1 fully saturated rings. The van der Waals surface area contributed by atoms with Crippen LogP contribution in [0.4, 0.5) is 0 Å². The Kier molecular flexibility index (Phi) is 4.31. The first-order valence-electron chi connectivity index (χ1n) is 6.91. The molecular weight excluding hydrogens is 334 g/mol. The molecule has 1 aliphatic rings. The quantitative estimate of drug-likeness (QED) is 0.782. The van der Waals surface area contributed by atoms with Gasteiger partial charge in [-0.05, 0) is 31.5 Å². The van der Waals surface area contributed by atoms with E-state index in [-0.39, 0.29) is 11.9 Å². The maximum atomic E-state index is 11.9. The van der Waals surface area contributed by atoms with Gasteiger partial charge in [0, 0.05) is 10.0 Å². The molecule has 7 heteroatoms. The van der Waals surface area contributed by atoms with Crippen LogP contribution in [0.5, 0.6) is 0 Å². The number of aromatic amines is 1. The summed E-state index contributed by atoms with van der Waals surface area (Å²) in [6, 6.07) is 7.70. The summed E-state index contributed by atoms with van der Waals surface area (Å²) in [5.74, 6) is 1.30. The standard InChI is InChI=1S/C14H16BrN5O/c15-10-5-3-9(4-6-10)13-18-12(19-20-13)8-17-14(21)11-2-1-7-16-11/h3-6,11,16H,1-2,7-8H2,(H,17,21)(H,18,19,20). The molecule has 2 heterocycles. The van der Waals surface area contributed by atoms with E-state index in [4.69, 9.17) is 0 Å². The second-order valence-electron chi connectivity index (χ2n) is 4.98. The highest BCUT2D eigenvalue weighted by molar-refractivity contribution is 9.10. The van der Waals surface area contributed by atoms with Crippen LogP contribution in [-0.4, -0.2) is 33.7 Å². The molecule has 2 aromatic rings. The Hall–Kier alpha value is -1.73. The summed E-state index contributed by atoms with van der Waals surface area (Å²) < 4.78 is 1.01. The SMILES string of the molecule is O=C(NCc1nc(-c2ccc(Br)cc2)n[nH]1)C1CCCN1. The summed E-state index contributed by atoms with van der Waals surface area (Å²) in [6.45, 7) is 1.27. The molecule has 0 radical (unpaired) electrons. The summed E-state index contributed by atoms with van der Waals surface area (Å²) in [7, 11) is 0. The fourth-order valence-electron chi connectivity index (χ4n) is 2.30. The van der Waals surface area contributed by atoms with Crippen LogP contribution in [0.1, 0.15) is 18.7 Å². The highest BCUT2D eigenvalue weighted by atomic mass is 79.9. The van der Waals surface area contributed by atoms with Crippen molar-refractivity contribution in [2.75, 3.05) is 6.54 Å². The Labute approximate surface area is 130 Å². The van der Waals surface area contributed by atoms with E-state index in [0.29, 0.717) is 18.2 Å². The molecule has 3 N–H and O–H groups in total. The maximum Gasteiger partial charge on any atom is 0.237 e. The summed E-state index contributed by atoms with van der Waals surface area (Å²) >= 11 is 3.39. The van der Waals surface area contributed by atoms with Crippen molar-refractivity contribution in [1.29, 1.82) is 0 Å². The molecule has 1 aromatic heterocycles. The van der Waals surface area contributed by atoms with Gasteiger partial charge < -0.3 is 10.6 Å². The van der Waals surface area contributed by atoms with Crippen LogP contribution >= 0.6 is 15.9 Å². The van der Waals surface area contributed by atoms with Crippen LogP contribution in [-0.2, 0) is 11.3 Å². The maximum absolute atomic E-state index is 11.9. The lowest BCUT2D eigenvalue weighted by Gasteiger charge is -2.09. The predicted molar refractivity (Wildman–Crippen MR) is 82.4 cm³/mol. The molecule has 1 unspecified atom stereocenters. The Balaban J connectivity index is 1.60. The van der Waals surface area contributed by atoms with E-state index in [1.54, 1.807) is 0 Å². The number of hydrogen-bond acceptors (Lipinski definition) is 4. The van der Waals surface area contributed by atoms with Gasteiger partial charge in [0.1, 0.15) is 5.82 Å². The second kappa shape index (κ2) is 6.36. The number of nitrogens with one attached hydrogen (secondary N) is 3. The zero-order chi connectivity index (χ0) is 14.7. The molecular formula is C14H16BrN5O. The lowest BCUT2D eigenvalue weighted by molar-refractivity contribution is -0.122. The van der Waals surface area contributed by atoms with Gasteiger partial charge in [0.25, 0.3) is 0 Å². The smallest absolute Gasteiger partial charge is 0.237 e. The van der Waals surface area contributed by atoms with Gasteiger partial charge in [-0.15, -0.1) is 0 Å². The van der Waals surface area contributed by atoms with Crippen LogP contribution in [0, 0.1) is 0 Å². The van der Waals surface area contributed by atoms with E-state index in [9.17, 15) is 4.79 Å². The van der Waals surface area contributed by atoms with Crippen molar-refractivity contribution >= 4 is 21.8 Å². The molecule has 0 saturated carbocycles. The summed E-state index contributed by atoms with van der Waals surface area (Å²) in [5, 5.41) is 13.1. The molecule has 1 saturated heterocycles. The fraction of sp³-hybridized carbons (Fsp3) is 0.357. The van der Waals surface area contributed by atoms with Crippen molar-refractivity contribution in [3.63, 3.8) is 0 Å². The third kappa shape index (κ3) is 3.48. The third-order valence-electron chi connectivity index (χ3n) is 3.44. The third-order valence-corrected chi connectivity index (χ3v) is 3.97. The van der Waals surface area contributed by atoms with Gasteiger partial charge in [-0.2, -0.15) is 5.10 Å². The number of hydrogen-bond donors (Lipinski definition) is 3. The summed E-state index contributed by atoms with van der Waals surface area (Å²) in [6.07, 6.45) is 1.94. The second-order valence-corrected chi connectivity index (χ2v) is 5.90. The van der Waals surface area contributed by atoms with E-state index in [1.165, 1.54) is 0 Å². The Morgan fingerprint density at radius 1 is 1.38 bits per heavy atom. The van der Waals surface area contributed by atoms with Gasteiger partial charge in [-0.1, -0.05) is 28.1 Å². The number of amides is 1. The Bertz CT molecular complexity index is 619. The van der Waals surface area contributed by atoms with Crippen molar-refractivity contribution in [3.05, 3.63) is 34.6 Å². The molecule has 1 aliphatic heterocycles. The van der Waals surface area contributed by atoms with Crippen LogP contribution in [0.25, 0.3) is 11.4 Å². The lowest BCUT2D eigenvalue weighted by Crippen LogP contribution is -2.40. The normalized spacial score (nSPS) is 17.9. The van der Waals surface area contributed by atoms with Crippen LogP contribution < -0.4 is 10.6 Å². The number of H-pyrrole nitrogens is 1. The summed E-state index contributed by atoms with van der Waals surface area (Å²) in [4.78, 5) is 16.3. The van der Waals surface area contributed by atoms with Crippen molar-refractivity contribution in [3.8, 4) is 11.4 Å². The number of halogens is 1. The molecule has 0 spiro atoms. The van der Waals surface area contributed by atoms with E-state index in [0.717, 1.165) is 29.4 Å². The molecule has 1 aromatic carbocycles. The monoisotopic (exact) mass is 349 g/mol. The summed E-state index contributed by atoms with van der Waals surface area (Å²) in [5.41, 5.74) is 0.935. The van der Waals surface area contributed by atoms with Gasteiger partial charge in [0.2, 0.25) is 5.91 Å². The van der Waals surface area contributed by atoms with E-state index >= 15 is 0 Å². The average molecular weight is 350 g/mol. The van der Waals surface area contributed by atoms with Crippen molar-refractivity contribution in [2.24, 2.45) is 0 Å². The van der Waals surface area contributed by atoms with Crippen LogP contribution in [0.2, 0.25) is 0 Å². The fourth-order valence-corrected chi connectivity index (χ4v) is 2.57. The van der Waals surface area contributed by atoms with Gasteiger partial charge in [0.15, 0.2) is 5.82 Å². The molecule has 6 nitrogen and oxygen atoms in total. The van der Waals surface area contributed by atoms with Crippen LogP contribution in [0.15, 0.2) is 28.7 Å². The zero-order valence-electron chi connectivity index (χ0n) is 11.4. The minimum Gasteiger partial charge on any atom is -0.347 e. The van der Waals surface area contributed by atoms with E-state index < -0.39 is 0 Å². The number of benzene rings is 1. The van der Waals surface area contributed by atoms with Gasteiger partial charge in [-0.3, -0.25) is 9.89 Å². The molecule has 1 atom stereocenters. The Morgan fingerprint density at radius 3 is 2.90 bits per heavy atom. The lowest BCUT2D eigenvalue weighted by atomic mass is 10.2. The topological polar surface area (TPSA) is 82.7 Å². The molecule has 0 aliphatic carbocycles. The predicted octanol–water partition coefficient (Wildman–Crippen LogP) is 1.60. The first-order chi connectivity index (χ1) is 10.2. The molecule has 3 rings (SSSR count). The number of carbonyl (C=O) groups is 1. The van der Waals surface area contributed by atoms with Crippen molar-refractivity contribution in [2.45, 2.75) is 25.4 Å². The van der Waals surface area contributed by atoms with Crippen LogP contribution in [0.3, 0.4) is 0 Å². The van der Waals surface area contributed by atoms with Gasteiger partial charge in [-0.25, -0.2) is 4.98 Å². The number of aromatic nitrogens is 3. The minimum atomic E-state index is -0.0705. The van der Waals surface area contributed by atoms with Gasteiger partial charge in [0.05, 0.1) is 12.6 Å². The Morgan fingerprint density at radius 2 is 2.19 bits per heavy atom. The number of carbonyl (C=O) groups excluding carboxylic acids is 1. The molecule has 110 valence electrons. The molecule has 21 heavy (non-hydrogen) atoms. The van der Waals surface area contributed by atoms with E-state index in [2.05, 4.69) is 41.7 Å².